The van der Waals surface area contributed by atoms with E-state index in [2.05, 4.69) is 4.72 Å². The Balaban J connectivity index is 1.66. The quantitative estimate of drug-likeness (QED) is 0.343. The number of halogens is 6. The van der Waals surface area contributed by atoms with Gasteiger partial charge in [-0.15, -0.1) is 0 Å². The van der Waals surface area contributed by atoms with Crippen LogP contribution in [-0.4, -0.2) is 60.3 Å². The lowest BCUT2D eigenvalue weighted by Crippen LogP contribution is -2.63. The summed E-state index contributed by atoms with van der Waals surface area (Å²) in [5.74, 6) is -4.63. The molecule has 15 heteroatoms. The Bertz CT molecular complexity index is 1590. The third kappa shape index (κ3) is 5.10. The number of nitrogens with zero attached hydrogens (tertiary/aromatic N) is 1. The first-order chi connectivity index (χ1) is 19.5. The zero-order valence-corrected chi connectivity index (χ0v) is 25.1. The molecular weight excluding hydrogens is 627 g/mol. The van der Waals surface area contributed by atoms with Crippen LogP contribution in [0.25, 0.3) is 0 Å². The van der Waals surface area contributed by atoms with Crippen LogP contribution in [0.3, 0.4) is 0 Å². The monoisotopic (exact) mass is 656 g/mol. The minimum absolute atomic E-state index is 0.0440. The van der Waals surface area contributed by atoms with E-state index >= 15 is 8.78 Å². The zero-order chi connectivity index (χ0) is 30.8. The molecule has 3 aliphatic rings. The number of sulfone groups is 1. The van der Waals surface area contributed by atoms with Gasteiger partial charge in [0.2, 0.25) is 10.0 Å². The highest BCUT2D eigenvalue weighted by Crippen LogP contribution is 2.60. The van der Waals surface area contributed by atoms with Crippen LogP contribution in [0.15, 0.2) is 35.2 Å². The lowest BCUT2D eigenvalue weighted by Gasteiger charge is -2.55. The average Bonchev–Trinajstić information content (AvgIpc) is 2.90. The summed E-state index contributed by atoms with van der Waals surface area (Å²) >= 11 is 6.01. The predicted molar refractivity (Wildman–Crippen MR) is 145 cm³/mol. The number of fused-ring (bicyclic) bond motifs is 5. The van der Waals surface area contributed by atoms with E-state index in [1.807, 2.05) is 19.0 Å². The third-order valence-corrected chi connectivity index (χ3v) is 13.6. The highest BCUT2D eigenvalue weighted by molar-refractivity contribution is 7.92. The van der Waals surface area contributed by atoms with Crippen LogP contribution in [0.2, 0.25) is 5.02 Å². The summed E-state index contributed by atoms with van der Waals surface area (Å²) < 4.78 is 132. The van der Waals surface area contributed by atoms with Crippen molar-refractivity contribution in [2.24, 2.45) is 11.8 Å². The average molecular weight is 657 g/mol. The second kappa shape index (κ2) is 10.9. The first kappa shape index (κ1) is 31.4. The van der Waals surface area contributed by atoms with Gasteiger partial charge in [-0.3, -0.25) is 0 Å². The van der Waals surface area contributed by atoms with E-state index < -0.39 is 92.3 Å². The van der Waals surface area contributed by atoms with Gasteiger partial charge in [0.05, 0.1) is 32.9 Å². The summed E-state index contributed by atoms with van der Waals surface area (Å²) in [4.78, 5) is 1.39. The summed E-state index contributed by atoms with van der Waals surface area (Å²) in [6, 6.07) is 2.83. The molecule has 0 amide bonds. The first-order valence-electron chi connectivity index (χ1n) is 13.4. The van der Waals surface area contributed by atoms with E-state index in [0.717, 1.165) is 12.1 Å². The Kier molecular flexibility index (Phi) is 8.13. The maximum Gasteiger partial charge on any atom is 0.416 e. The molecule has 2 aromatic carbocycles. The number of nitrogens with one attached hydrogen (secondary N) is 1. The molecule has 1 saturated carbocycles. The van der Waals surface area contributed by atoms with Crippen LogP contribution in [0.4, 0.5) is 22.0 Å². The van der Waals surface area contributed by atoms with E-state index in [1.165, 1.54) is 0 Å². The summed E-state index contributed by atoms with van der Waals surface area (Å²) in [5.41, 5.74) is -1.69. The van der Waals surface area contributed by atoms with Crippen molar-refractivity contribution in [3.05, 3.63) is 58.1 Å². The largest absolute Gasteiger partial charge is 0.490 e. The summed E-state index contributed by atoms with van der Waals surface area (Å²) in [6.45, 7) is 0.243. The van der Waals surface area contributed by atoms with Crippen molar-refractivity contribution in [1.29, 1.82) is 0 Å². The van der Waals surface area contributed by atoms with Crippen molar-refractivity contribution < 1.29 is 43.5 Å². The Morgan fingerprint density at radius 3 is 2.45 bits per heavy atom. The van der Waals surface area contributed by atoms with Gasteiger partial charge < -0.3 is 9.64 Å². The van der Waals surface area contributed by atoms with Gasteiger partial charge in [-0.1, -0.05) is 11.6 Å². The van der Waals surface area contributed by atoms with Crippen molar-refractivity contribution in [3.63, 3.8) is 0 Å². The van der Waals surface area contributed by atoms with Crippen molar-refractivity contribution >= 4 is 31.5 Å². The van der Waals surface area contributed by atoms with Gasteiger partial charge in [0.15, 0.2) is 27.2 Å². The minimum Gasteiger partial charge on any atom is -0.490 e. The Labute approximate surface area is 246 Å². The lowest BCUT2D eigenvalue weighted by atomic mass is 9.64. The molecular formula is C27H30ClF5N2O5S2. The van der Waals surface area contributed by atoms with Crippen LogP contribution in [0.1, 0.15) is 43.2 Å². The van der Waals surface area contributed by atoms with Gasteiger partial charge in [-0.05, 0) is 89.0 Å². The molecule has 2 heterocycles. The third-order valence-electron chi connectivity index (χ3n) is 8.81. The van der Waals surface area contributed by atoms with E-state index in [4.69, 9.17) is 16.3 Å². The SMILES string of the molecule is CN(C)CCC[C@@H]1CC2[C@@H](CC[C@@]3(S(=O)(=O)c4ccc(C(F)(F)F)cc4)c4c(F)c(Cl)cc(F)c4OC[C@@H]23)NS1(=O)=O. The molecule has 1 saturated heterocycles. The van der Waals surface area contributed by atoms with E-state index in [9.17, 15) is 30.0 Å². The molecule has 5 rings (SSSR count). The van der Waals surface area contributed by atoms with Gasteiger partial charge in [0.1, 0.15) is 4.75 Å². The maximum absolute atomic E-state index is 15.9. The molecule has 0 spiro atoms. The van der Waals surface area contributed by atoms with Crippen molar-refractivity contribution in [2.75, 3.05) is 27.2 Å². The summed E-state index contributed by atoms with van der Waals surface area (Å²) in [5, 5.41) is -1.55. The summed E-state index contributed by atoms with van der Waals surface area (Å²) in [7, 11) is -4.80. The van der Waals surface area contributed by atoms with E-state index in [-0.39, 0.29) is 32.3 Å². The lowest BCUT2D eigenvalue weighted by molar-refractivity contribution is -0.137. The molecule has 42 heavy (non-hydrogen) atoms. The number of benzene rings is 2. The van der Waals surface area contributed by atoms with Crippen LogP contribution in [0, 0.1) is 23.5 Å². The van der Waals surface area contributed by atoms with Gasteiger partial charge in [-0.2, -0.15) is 13.2 Å². The molecule has 5 atom stereocenters. The molecule has 2 fully saturated rings. The molecule has 1 N–H and O–H groups in total. The van der Waals surface area contributed by atoms with Gasteiger partial charge in [0, 0.05) is 12.0 Å². The molecule has 1 aliphatic carbocycles. The fourth-order valence-electron chi connectivity index (χ4n) is 6.86. The normalized spacial score (nSPS) is 28.9. The molecule has 0 bridgehead atoms. The second-order valence-corrected chi connectivity index (χ2v) is 16.1. The maximum atomic E-state index is 15.9. The minimum atomic E-state index is -4.74. The number of rotatable bonds is 6. The van der Waals surface area contributed by atoms with Crippen molar-refractivity contribution in [2.45, 2.75) is 59.2 Å². The van der Waals surface area contributed by atoms with Gasteiger partial charge >= 0.3 is 6.18 Å². The molecule has 7 nitrogen and oxygen atoms in total. The second-order valence-electron chi connectivity index (χ2n) is 11.5. The van der Waals surface area contributed by atoms with Crippen molar-refractivity contribution in [1.82, 2.24) is 9.62 Å². The molecule has 232 valence electrons. The van der Waals surface area contributed by atoms with Crippen molar-refractivity contribution in [3.8, 4) is 5.75 Å². The molecule has 2 aliphatic heterocycles. The summed E-state index contributed by atoms with van der Waals surface area (Å²) in [6.07, 6.45) is -4.23. The zero-order valence-electron chi connectivity index (χ0n) is 22.7. The van der Waals surface area contributed by atoms with Gasteiger partial charge in [0.25, 0.3) is 0 Å². The number of alkyl halides is 3. The Morgan fingerprint density at radius 1 is 1.17 bits per heavy atom. The standard InChI is InChI=1S/C27H30ClF5N2O5S2/c1-35(2)11-3-4-17-12-18-19-14-40-25-21(29)13-20(28)24(30)23(25)26(19,10-9-22(18)34-42(17,38)39)41(36,37)16-7-5-15(6-8-16)27(31,32)33/h5-8,13,17-19,22,34H,3-4,9-12,14H2,1-2H3/t17-,18?,19+,22-,26+/m1/s1. The highest BCUT2D eigenvalue weighted by Gasteiger charge is 2.64. The predicted octanol–water partition coefficient (Wildman–Crippen LogP) is 5.13. The van der Waals surface area contributed by atoms with E-state index in [1.54, 1.807) is 0 Å². The number of sulfonamides is 1. The van der Waals surface area contributed by atoms with Gasteiger partial charge in [-0.25, -0.2) is 30.3 Å². The van der Waals surface area contributed by atoms with Crippen LogP contribution >= 0.6 is 11.6 Å². The van der Waals surface area contributed by atoms with Crippen LogP contribution in [-0.2, 0) is 30.8 Å². The smallest absolute Gasteiger partial charge is 0.416 e. The highest BCUT2D eigenvalue weighted by atomic mass is 35.5. The molecule has 0 radical (unpaired) electrons. The Morgan fingerprint density at radius 2 is 1.83 bits per heavy atom. The van der Waals surface area contributed by atoms with Crippen LogP contribution in [0.5, 0.6) is 5.75 Å². The van der Waals surface area contributed by atoms with Crippen LogP contribution < -0.4 is 9.46 Å². The first-order valence-corrected chi connectivity index (χ1v) is 16.8. The molecule has 1 unspecified atom stereocenters. The number of ether oxygens (including phenoxy) is 1. The fourth-order valence-corrected chi connectivity index (χ4v) is 11.3. The number of hydrogen-bond acceptors (Lipinski definition) is 6. The number of hydrogen-bond donors (Lipinski definition) is 1. The molecule has 0 aromatic heterocycles. The van der Waals surface area contributed by atoms with E-state index in [0.29, 0.717) is 31.2 Å². The Hall–Kier alpha value is -2.00. The molecule has 2 aromatic rings. The fraction of sp³-hybridized carbons (Fsp3) is 0.556. The topological polar surface area (TPSA) is 92.8 Å².